The highest BCUT2D eigenvalue weighted by atomic mass is 35.5. The fraction of sp³-hybridized carbons (Fsp3) is 0.324. The van der Waals surface area contributed by atoms with E-state index in [1.807, 2.05) is 82.3 Å². The molecule has 4 aromatic rings. The Bertz CT molecular complexity index is 1530. The molecule has 8 heteroatoms. The first-order chi connectivity index (χ1) is 20.0. The number of aliphatic hydroxyl groups is 1. The summed E-state index contributed by atoms with van der Waals surface area (Å²) in [6.07, 6.45) is 0.596. The van der Waals surface area contributed by atoms with Crippen molar-refractivity contribution in [2.45, 2.75) is 58.8 Å². The van der Waals surface area contributed by atoms with Crippen molar-refractivity contribution in [2.75, 3.05) is 13.2 Å². The van der Waals surface area contributed by atoms with Gasteiger partial charge in [0.05, 0.1) is 24.8 Å². The van der Waals surface area contributed by atoms with E-state index in [-0.39, 0.29) is 18.6 Å². The number of benzene rings is 3. The van der Waals surface area contributed by atoms with Gasteiger partial charge in [0.15, 0.2) is 0 Å². The Morgan fingerprint density at radius 1 is 0.976 bits per heavy atom. The van der Waals surface area contributed by atoms with Gasteiger partial charge in [0.2, 0.25) is 0 Å². The van der Waals surface area contributed by atoms with Crippen LogP contribution >= 0.6 is 11.6 Å². The second kappa shape index (κ2) is 13.4. The van der Waals surface area contributed by atoms with Gasteiger partial charge in [-0.3, -0.25) is 0 Å². The number of amides is 1. The van der Waals surface area contributed by atoms with E-state index in [0.717, 1.165) is 27.5 Å². The number of nitrogens with zero attached hydrogens (tertiary/aromatic N) is 2. The molecule has 0 spiro atoms. The molecule has 42 heavy (non-hydrogen) atoms. The third kappa shape index (κ3) is 7.66. The van der Waals surface area contributed by atoms with Crippen LogP contribution in [0.1, 0.15) is 62.2 Å². The molecule has 220 valence electrons. The predicted octanol–water partition coefficient (Wildman–Crippen LogP) is 7.63. The molecular formula is C34H37ClN2O5. The summed E-state index contributed by atoms with van der Waals surface area (Å²) in [7, 11) is 0. The Hall–Kier alpha value is -3.94. The van der Waals surface area contributed by atoms with Gasteiger partial charge in [-0.15, -0.1) is 0 Å². The third-order valence-corrected chi connectivity index (χ3v) is 7.10. The fourth-order valence-corrected chi connectivity index (χ4v) is 4.96. The van der Waals surface area contributed by atoms with E-state index >= 15 is 0 Å². The first kappa shape index (κ1) is 31.0. The van der Waals surface area contributed by atoms with E-state index in [2.05, 4.69) is 4.98 Å². The third-order valence-electron chi connectivity index (χ3n) is 6.88. The van der Waals surface area contributed by atoms with Crippen LogP contribution in [0.15, 0.2) is 79.0 Å². The average Bonchev–Trinajstić information content (AvgIpc) is 2.95. The van der Waals surface area contributed by atoms with Gasteiger partial charge in [-0.25, -0.2) is 14.6 Å². The lowest BCUT2D eigenvalue weighted by Crippen LogP contribution is -2.45. The minimum absolute atomic E-state index is 0.0380. The van der Waals surface area contributed by atoms with Crippen molar-refractivity contribution < 1.29 is 24.2 Å². The summed E-state index contributed by atoms with van der Waals surface area (Å²) in [5.74, 6) is -0.337. The van der Waals surface area contributed by atoms with Crippen LogP contribution in [-0.4, -0.2) is 51.8 Å². The van der Waals surface area contributed by atoms with Gasteiger partial charge in [0.1, 0.15) is 10.8 Å². The minimum Gasteiger partial charge on any atom is -0.462 e. The normalized spacial score (nSPS) is 12.9. The molecule has 0 fully saturated rings. The zero-order chi connectivity index (χ0) is 30.4. The zero-order valence-electron chi connectivity index (χ0n) is 24.6. The van der Waals surface area contributed by atoms with Crippen LogP contribution < -0.4 is 0 Å². The maximum Gasteiger partial charge on any atom is 0.410 e. The summed E-state index contributed by atoms with van der Waals surface area (Å²) in [5.41, 5.74) is 3.46. The number of halogens is 1. The van der Waals surface area contributed by atoms with Crippen molar-refractivity contribution >= 4 is 34.4 Å². The van der Waals surface area contributed by atoms with Crippen molar-refractivity contribution in [1.82, 2.24) is 9.88 Å². The monoisotopic (exact) mass is 588 g/mol. The van der Waals surface area contributed by atoms with Gasteiger partial charge in [-0.1, -0.05) is 72.3 Å². The number of aliphatic hydroxyl groups excluding tert-OH is 1. The summed E-state index contributed by atoms with van der Waals surface area (Å²) in [4.78, 5) is 31.3. The molecule has 4 rings (SSSR count). The Labute approximate surface area is 252 Å². The highest BCUT2D eigenvalue weighted by Gasteiger charge is 2.28. The molecule has 1 aromatic heterocycles. The molecule has 1 heterocycles. The van der Waals surface area contributed by atoms with Gasteiger partial charge in [-0.05, 0) is 80.6 Å². The zero-order valence-corrected chi connectivity index (χ0v) is 25.4. The van der Waals surface area contributed by atoms with Gasteiger partial charge in [0, 0.05) is 17.8 Å². The number of ether oxygens (including phenoxy) is 2. The molecule has 2 atom stereocenters. The first-order valence-corrected chi connectivity index (χ1v) is 14.4. The summed E-state index contributed by atoms with van der Waals surface area (Å²) in [6, 6.07) is 22.7. The Morgan fingerprint density at radius 2 is 1.67 bits per heavy atom. The molecule has 0 saturated carbocycles. The Balaban J connectivity index is 1.56. The van der Waals surface area contributed by atoms with Crippen molar-refractivity contribution in [2.24, 2.45) is 0 Å². The molecule has 0 aliphatic carbocycles. The summed E-state index contributed by atoms with van der Waals surface area (Å²) < 4.78 is 10.9. The van der Waals surface area contributed by atoms with Crippen LogP contribution in [0, 0.1) is 0 Å². The molecule has 0 saturated heterocycles. The Kier molecular flexibility index (Phi) is 9.86. The summed E-state index contributed by atoms with van der Waals surface area (Å²) >= 11 is 5.90. The smallest absolute Gasteiger partial charge is 0.410 e. The van der Waals surface area contributed by atoms with Crippen LogP contribution in [0.3, 0.4) is 0 Å². The molecule has 0 aliphatic heterocycles. The molecule has 1 amide bonds. The van der Waals surface area contributed by atoms with Crippen LogP contribution in [0.25, 0.3) is 21.9 Å². The van der Waals surface area contributed by atoms with Crippen LogP contribution in [0.5, 0.6) is 0 Å². The Morgan fingerprint density at radius 3 is 2.31 bits per heavy atom. The average molecular weight is 589 g/mol. The summed E-state index contributed by atoms with van der Waals surface area (Å²) in [6.45, 7) is 9.53. The highest BCUT2D eigenvalue weighted by molar-refractivity contribution is 6.29. The molecule has 0 radical (unpaired) electrons. The van der Waals surface area contributed by atoms with E-state index in [9.17, 15) is 14.7 Å². The summed E-state index contributed by atoms with van der Waals surface area (Å²) in [5, 5.41) is 13.0. The highest BCUT2D eigenvalue weighted by Crippen LogP contribution is 2.31. The number of esters is 1. The standard InChI is InChI=1S/C34H37ClN2O5/c1-6-41-32(39)29-12-8-10-27-26(9-7-11-28(27)29)24-15-13-23(14-16-24)19-22(2)37(33(40)42-34(3,4)5)21-30(38)25-17-18-31(35)36-20-25/h7-18,20,22,30,38H,6,19,21H2,1-5H3. The molecule has 0 aliphatic rings. The largest absolute Gasteiger partial charge is 0.462 e. The molecular weight excluding hydrogens is 552 g/mol. The van der Waals surface area contributed by atoms with Crippen molar-refractivity contribution in [3.05, 3.63) is 101 Å². The van der Waals surface area contributed by atoms with Crippen molar-refractivity contribution in [3.8, 4) is 11.1 Å². The lowest BCUT2D eigenvalue weighted by Gasteiger charge is -2.33. The lowest BCUT2D eigenvalue weighted by molar-refractivity contribution is 0.00542. The minimum atomic E-state index is -0.960. The maximum absolute atomic E-state index is 13.2. The molecule has 0 bridgehead atoms. The second-order valence-corrected chi connectivity index (χ2v) is 11.6. The number of hydrogen-bond acceptors (Lipinski definition) is 6. The number of rotatable bonds is 9. The van der Waals surface area contributed by atoms with Gasteiger partial charge in [0.25, 0.3) is 0 Å². The van der Waals surface area contributed by atoms with E-state index in [1.54, 1.807) is 30.0 Å². The number of carbonyl (C=O) groups excluding carboxylic acids is 2. The van der Waals surface area contributed by atoms with Crippen LogP contribution in [-0.2, 0) is 15.9 Å². The second-order valence-electron chi connectivity index (χ2n) is 11.2. The van der Waals surface area contributed by atoms with Crippen molar-refractivity contribution in [3.63, 3.8) is 0 Å². The topological polar surface area (TPSA) is 89.0 Å². The molecule has 7 nitrogen and oxygen atoms in total. The van der Waals surface area contributed by atoms with E-state index in [0.29, 0.717) is 29.3 Å². The predicted molar refractivity (Wildman–Crippen MR) is 166 cm³/mol. The van der Waals surface area contributed by atoms with Crippen LogP contribution in [0.4, 0.5) is 4.79 Å². The molecule has 3 aromatic carbocycles. The van der Waals surface area contributed by atoms with E-state index in [4.69, 9.17) is 21.1 Å². The quantitative estimate of drug-likeness (QED) is 0.160. The maximum atomic E-state index is 13.2. The van der Waals surface area contributed by atoms with E-state index < -0.39 is 17.8 Å². The SMILES string of the molecule is CCOC(=O)c1cccc2c(-c3ccc(CC(C)N(CC(O)c4ccc(Cl)nc4)C(=O)OC(C)(C)C)cc3)cccc12. The number of carbonyl (C=O) groups is 2. The number of hydrogen-bond donors (Lipinski definition) is 1. The van der Waals surface area contributed by atoms with Gasteiger partial charge < -0.3 is 19.5 Å². The lowest BCUT2D eigenvalue weighted by atomic mass is 9.94. The number of fused-ring (bicyclic) bond motifs is 1. The number of pyridine rings is 1. The van der Waals surface area contributed by atoms with Crippen molar-refractivity contribution in [1.29, 1.82) is 0 Å². The fourth-order valence-electron chi connectivity index (χ4n) is 4.85. The first-order valence-electron chi connectivity index (χ1n) is 14.0. The molecule has 1 N–H and O–H groups in total. The van der Waals surface area contributed by atoms with E-state index in [1.165, 1.54) is 6.20 Å². The number of aromatic nitrogens is 1. The van der Waals surface area contributed by atoms with Gasteiger partial charge in [-0.2, -0.15) is 0 Å². The molecule has 2 unspecified atom stereocenters. The van der Waals surface area contributed by atoms with Gasteiger partial charge >= 0.3 is 12.1 Å². The van der Waals surface area contributed by atoms with Crippen LogP contribution in [0.2, 0.25) is 5.15 Å².